The van der Waals surface area contributed by atoms with Crippen LogP contribution in [0.4, 0.5) is 4.79 Å². The van der Waals surface area contributed by atoms with Gasteiger partial charge in [0, 0.05) is 39.3 Å². The Balaban J connectivity index is 0.00000338. The van der Waals surface area contributed by atoms with Gasteiger partial charge in [0.15, 0.2) is 5.96 Å². The van der Waals surface area contributed by atoms with Crippen molar-refractivity contribution in [3.8, 4) is 0 Å². The molecule has 152 valence electrons. The van der Waals surface area contributed by atoms with E-state index in [-0.39, 0.29) is 30.1 Å². The molecular formula is C18H35IN4O3. The van der Waals surface area contributed by atoms with Crippen LogP contribution in [-0.2, 0) is 9.47 Å². The zero-order valence-electron chi connectivity index (χ0n) is 16.4. The molecule has 0 atom stereocenters. The molecule has 1 saturated carbocycles. The van der Waals surface area contributed by atoms with Crippen LogP contribution in [0.5, 0.6) is 0 Å². The summed E-state index contributed by atoms with van der Waals surface area (Å²) in [5.41, 5.74) is 5.61. The molecule has 2 N–H and O–H groups in total. The monoisotopic (exact) mass is 482 g/mol. The van der Waals surface area contributed by atoms with Crippen molar-refractivity contribution in [2.45, 2.75) is 64.6 Å². The first-order chi connectivity index (χ1) is 11.8. The lowest BCUT2D eigenvalue weighted by atomic mass is 10.2. The van der Waals surface area contributed by atoms with Crippen molar-refractivity contribution in [2.75, 3.05) is 39.3 Å². The Morgan fingerprint density at radius 2 is 1.69 bits per heavy atom. The van der Waals surface area contributed by atoms with Gasteiger partial charge >= 0.3 is 6.09 Å². The van der Waals surface area contributed by atoms with Crippen molar-refractivity contribution < 1.29 is 14.3 Å². The second kappa shape index (κ2) is 11.2. The Bertz CT molecular complexity index is 454. The maximum atomic E-state index is 12.1. The van der Waals surface area contributed by atoms with Crippen LogP contribution >= 0.6 is 24.0 Å². The topological polar surface area (TPSA) is 80.4 Å². The first-order valence-electron chi connectivity index (χ1n) is 9.49. The fraction of sp³-hybridized carbons (Fsp3) is 0.889. The number of nitrogens with zero attached hydrogens (tertiary/aromatic N) is 3. The quantitative estimate of drug-likeness (QED) is 0.282. The Kier molecular flexibility index (Phi) is 9.99. The molecule has 0 aromatic heterocycles. The van der Waals surface area contributed by atoms with Crippen molar-refractivity contribution >= 4 is 36.0 Å². The smallest absolute Gasteiger partial charge is 0.410 e. The Hall–Kier alpha value is -0.770. The van der Waals surface area contributed by atoms with Gasteiger partial charge in [0.25, 0.3) is 0 Å². The highest BCUT2D eigenvalue weighted by molar-refractivity contribution is 14.0. The SMILES string of the molecule is CC(C)(C)OC(=O)N1CCN(C(N)=NCCCOC2CCCC2)CC1.I. The van der Waals surface area contributed by atoms with Crippen molar-refractivity contribution in [3.63, 3.8) is 0 Å². The van der Waals surface area contributed by atoms with Crippen molar-refractivity contribution in [2.24, 2.45) is 10.7 Å². The van der Waals surface area contributed by atoms with Crippen LogP contribution in [0.15, 0.2) is 4.99 Å². The number of guanidine groups is 1. The van der Waals surface area contributed by atoms with E-state index in [0.717, 1.165) is 13.0 Å². The molecule has 1 aliphatic heterocycles. The normalized spacial score (nSPS) is 19.4. The third-order valence-corrected chi connectivity index (χ3v) is 4.49. The number of carbonyl (C=O) groups excluding carboxylic acids is 1. The van der Waals surface area contributed by atoms with E-state index in [0.29, 0.717) is 44.8 Å². The Morgan fingerprint density at radius 1 is 1.12 bits per heavy atom. The fourth-order valence-corrected chi connectivity index (χ4v) is 3.11. The molecule has 2 rings (SSSR count). The lowest BCUT2D eigenvalue weighted by Crippen LogP contribution is -2.53. The summed E-state index contributed by atoms with van der Waals surface area (Å²) in [4.78, 5) is 20.3. The third kappa shape index (κ3) is 8.28. The molecule has 1 saturated heterocycles. The second-order valence-electron chi connectivity index (χ2n) is 7.83. The summed E-state index contributed by atoms with van der Waals surface area (Å²) in [5.74, 6) is 0.560. The van der Waals surface area contributed by atoms with Gasteiger partial charge in [0.1, 0.15) is 5.60 Å². The molecule has 0 spiro atoms. The van der Waals surface area contributed by atoms with E-state index >= 15 is 0 Å². The molecule has 1 aliphatic carbocycles. The first kappa shape index (κ1) is 23.3. The average molecular weight is 482 g/mol. The summed E-state index contributed by atoms with van der Waals surface area (Å²) >= 11 is 0. The van der Waals surface area contributed by atoms with E-state index in [1.54, 1.807) is 4.90 Å². The third-order valence-electron chi connectivity index (χ3n) is 4.49. The number of hydrogen-bond acceptors (Lipinski definition) is 4. The van der Waals surface area contributed by atoms with Gasteiger partial charge in [-0.15, -0.1) is 24.0 Å². The molecule has 1 heterocycles. The highest BCUT2D eigenvalue weighted by Crippen LogP contribution is 2.20. The zero-order chi connectivity index (χ0) is 18.3. The number of aliphatic imine (C=N–C) groups is 1. The predicted octanol–water partition coefficient (Wildman–Crippen LogP) is 2.82. The maximum Gasteiger partial charge on any atom is 0.410 e. The summed E-state index contributed by atoms with van der Waals surface area (Å²) < 4.78 is 11.2. The number of carbonyl (C=O) groups is 1. The summed E-state index contributed by atoms with van der Waals surface area (Å²) in [5, 5.41) is 0. The largest absolute Gasteiger partial charge is 0.444 e. The average Bonchev–Trinajstić information content (AvgIpc) is 3.06. The molecule has 0 aromatic rings. The van der Waals surface area contributed by atoms with E-state index in [2.05, 4.69) is 4.99 Å². The number of halogens is 1. The number of hydrogen-bond donors (Lipinski definition) is 1. The number of ether oxygens (including phenoxy) is 2. The minimum Gasteiger partial charge on any atom is -0.444 e. The van der Waals surface area contributed by atoms with E-state index < -0.39 is 5.60 Å². The Labute approximate surface area is 174 Å². The molecule has 7 nitrogen and oxygen atoms in total. The molecule has 26 heavy (non-hydrogen) atoms. The number of amides is 1. The van der Waals surface area contributed by atoms with Gasteiger partial charge in [-0.3, -0.25) is 4.99 Å². The van der Waals surface area contributed by atoms with Gasteiger partial charge in [-0.25, -0.2) is 4.79 Å². The highest BCUT2D eigenvalue weighted by atomic mass is 127. The van der Waals surface area contributed by atoms with E-state index in [1.165, 1.54) is 25.7 Å². The minimum absolute atomic E-state index is 0. The molecular weight excluding hydrogens is 447 g/mol. The van der Waals surface area contributed by atoms with E-state index in [1.807, 2.05) is 25.7 Å². The molecule has 0 aromatic carbocycles. The summed E-state index contributed by atoms with van der Waals surface area (Å²) in [6.45, 7) is 9.66. The summed E-state index contributed by atoms with van der Waals surface area (Å²) in [6, 6.07) is 0. The lowest BCUT2D eigenvalue weighted by Gasteiger charge is -2.36. The van der Waals surface area contributed by atoms with Crippen LogP contribution in [0.3, 0.4) is 0 Å². The molecule has 8 heteroatoms. The number of piperazine rings is 1. The van der Waals surface area contributed by atoms with E-state index in [4.69, 9.17) is 15.2 Å². The molecule has 0 unspecified atom stereocenters. The lowest BCUT2D eigenvalue weighted by molar-refractivity contribution is 0.0186. The summed E-state index contributed by atoms with van der Waals surface area (Å²) in [7, 11) is 0. The minimum atomic E-state index is -0.463. The van der Waals surface area contributed by atoms with Gasteiger partial charge in [0.05, 0.1) is 6.10 Å². The van der Waals surface area contributed by atoms with Crippen LogP contribution < -0.4 is 5.73 Å². The van der Waals surface area contributed by atoms with Crippen molar-refractivity contribution in [3.05, 3.63) is 0 Å². The molecule has 1 amide bonds. The van der Waals surface area contributed by atoms with Gasteiger partial charge in [-0.1, -0.05) is 12.8 Å². The molecule has 2 fully saturated rings. The van der Waals surface area contributed by atoms with E-state index in [9.17, 15) is 4.79 Å². The Morgan fingerprint density at radius 3 is 2.27 bits per heavy atom. The van der Waals surface area contributed by atoms with Gasteiger partial charge in [0.2, 0.25) is 0 Å². The van der Waals surface area contributed by atoms with Crippen LogP contribution in [0.1, 0.15) is 52.9 Å². The van der Waals surface area contributed by atoms with Crippen LogP contribution in [-0.4, -0.2) is 72.9 Å². The van der Waals surface area contributed by atoms with Crippen LogP contribution in [0.2, 0.25) is 0 Å². The second-order valence-corrected chi connectivity index (χ2v) is 7.83. The molecule has 0 radical (unpaired) electrons. The zero-order valence-corrected chi connectivity index (χ0v) is 18.7. The van der Waals surface area contributed by atoms with Gasteiger partial charge in [-0.05, 0) is 40.0 Å². The maximum absolute atomic E-state index is 12.1. The van der Waals surface area contributed by atoms with Crippen LogP contribution in [0.25, 0.3) is 0 Å². The fourth-order valence-electron chi connectivity index (χ4n) is 3.11. The number of rotatable bonds is 5. The summed E-state index contributed by atoms with van der Waals surface area (Å²) in [6.07, 6.45) is 6.10. The van der Waals surface area contributed by atoms with Crippen molar-refractivity contribution in [1.82, 2.24) is 9.80 Å². The first-order valence-corrected chi connectivity index (χ1v) is 9.49. The molecule has 0 bridgehead atoms. The van der Waals surface area contributed by atoms with Crippen LogP contribution in [0, 0.1) is 0 Å². The molecule has 2 aliphatic rings. The predicted molar refractivity (Wildman–Crippen MR) is 114 cm³/mol. The van der Waals surface area contributed by atoms with Gasteiger partial charge in [-0.2, -0.15) is 0 Å². The highest BCUT2D eigenvalue weighted by Gasteiger charge is 2.26. The standard InChI is InChI=1S/C18H34N4O3.HI/c1-18(2,3)25-17(23)22-12-10-21(11-13-22)16(19)20-9-6-14-24-15-7-4-5-8-15;/h15H,4-14H2,1-3H3,(H2,19,20);1H. The van der Waals surface area contributed by atoms with Crippen molar-refractivity contribution in [1.29, 1.82) is 0 Å². The van der Waals surface area contributed by atoms with Gasteiger partial charge < -0.3 is 25.0 Å². The number of nitrogens with two attached hydrogens (primary N) is 1.